The molecule has 2 rings (SSSR count). The fourth-order valence-electron chi connectivity index (χ4n) is 1.74. The largest absolute Gasteiger partial charge is 0.497 e. The molecule has 112 valence electrons. The van der Waals surface area contributed by atoms with E-state index < -0.39 is 17.6 Å². The molecule has 2 aromatic rings. The number of rotatable bonds is 4. The first-order chi connectivity index (χ1) is 9.88. The molecule has 0 aliphatic carbocycles. The lowest BCUT2D eigenvalue weighted by Gasteiger charge is -2.11. The monoisotopic (exact) mass is 300 g/mol. The lowest BCUT2D eigenvalue weighted by Crippen LogP contribution is -2.06. The Morgan fingerprint density at radius 2 is 1.71 bits per heavy atom. The zero-order valence-corrected chi connectivity index (χ0v) is 11.1. The summed E-state index contributed by atoms with van der Waals surface area (Å²) in [6, 6.07) is 8.55. The Balaban J connectivity index is 2.11. The van der Waals surface area contributed by atoms with E-state index in [0.717, 1.165) is 18.2 Å². The predicted molar refractivity (Wildman–Crippen MR) is 68.7 cm³/mol. The maximum Gasteiger partial charge on any atom is 0.416 e. The van der Waals surface area contributed by atoms with Crippen molar-refractivity contribution in [2.45, 2.75) is 12.8 Å². The van der Waals surface area contributed by atoms with Crippen LogP contribution < -0.4 is 9.47 Å². The Bertz CT molecular complexity index is 623. The molecule has 0 saturated heterocycles. The molecular formula is C15H12F4O2. The number of halogens is 4. The molecule has 0 saturated carbocycles. The number of ether oxygens (including phenoxy) is 2. The Morgan fingerprint density at radius 1 is 1.00 bits per heavy atom. The fourth-order valence-corrected chi connectivity index (χ4v) is 1.74. The van der Waals surface area contributed by atoms with E-state index in [9.17, 15) is 17.6 Å². The summed E-state index contributed by atoms with van der Waals surface area (Å²) in [5, 5.41) is 0. The zero-order valence-electron chi connectivity index (χ0n) is 11.1. The van der Waals surface area contributed by atoms with Crippen LogP contribution in [0, 0.1) is 5.82 Å². The predicted octanol–water partition coefficient (Wildman–Crippen LogP) is 4.43. The maximum atomic E-state index is 13.3. The van der Waals surface area contributed by atoms with Crippen LogP contribution in [0.2, 0.25) is 0 Å². The first-order valence-electron chi connectivity index (χ1n) is 6.02. The molecule has 0 N–H and O–H groups in total. The molecule has 6 heteroatoms. The second-order valence-corrected chi connectivity index (χ2v) is 4.31. The minimum Gasteiger partial charge on any atom is -0.497 e. The van der Waals surface area contributed by atoms with Crippen LogP contribution in [0.25, 0.3) is 0 Å². The highest BCUT2D eigenvalue weighted by Crippen LogP contribution is 2.30. The lowest BCUT2D eigenvalue weighted by molar-refractivity contribution is -0.137. The van der Waals surface area contributed by atoms with Crippen LogP contribution in [-0.2, 0) is 12.8 Å². The van der Waals surface area contributed by atoms with Crippen LogP contribution >= 0.6 is 0 Å². The van der Waals surface area contributed by atoms with Crippen molar-refractivity contribution in [1.29, 1.82) is 0 Å². The normalized spacial score (nSPS) is 11.3. The van der Waals surface area contributed by atoms with Crippen molar-refractivity contribution in [1.82, 2.24) is 0 Å². The van der Waals surface area contributed by atoms with Gasteiger partial charge in [-0.1, -0.05) is 12.1 Å². The minimum atomic E-state index is -4.40. The molecule has 0 spiro atoms. The average molecular weight is 300 g/mol. The van der Waals surface area contributed by atoms with E-state index in [4.69, 9.17) is 9.47 Å². The Kier molecular flexibility index (Phi) is 4.35. The first kappa shape index (κ1) is 15.2. The third-order valence-electron chi connectivity index (χ3n) is 2.74. The van der Waals surface area contributed by atoms with E-state index in [1.165, 1.54) is 31.4 Å². The summed E-state index contributed by atoms with van der Waals surface area (Å²) in [4.78, 5) is 0. The molecule has 2 aromatic carbocycles. The van der Waals surface area contributed by atoms with Crippen molar-refractivity contribution in [3.8, 4) is 11.5 Å². The van der Waals surface area contributed by atoms with Gasteiger partial charge in [0.1, 0.15) is 23.9 Å². The molecular weight excluding hydrogens is 288 g/mol. The number of hydrogen-bond donors (Lipinski definition) is 0. The smallest absolute Gasteiger partial charge is 0.416 e. The van der Waals surface area contributed by atoms with Crippen LogP contribution in [0.5, 0.6) is 11.5 Å². The van der Waals surface area contributed by atoms with Gasteiger partial charge in [-0.15, -0.1) is 0 Å². The van der Waals surface area contributed by atoms with Crippen LogP contribution in [0.4, 0.5) is 17.6 Å². The highest BCUT2D eigenvalue weighted by Gasteiger charge is 2.30. The van der Waals surface area contributed by atoms with E-state index in [0.29, 0.717) is 5.56 Å². The van der Waals surface area contributed by atoms with Crippen molar-refractivity contribution >= 4 is 0 Å². The van der Waals surface area contributed by atoms with Crippen molar-refractivity contribution in [3.63, 3.8) is 0 Å². The van der Waals surface area contributed by atoms with Crippen molar-refractivity contribution < 1.29 is 27.0 Å². The van der Waals surface area contributed by atoms with Gasteiger partial charge >= 0.3 is 6.18 Å². The van der Waals surface area contributed by atoms with Gasteiger partial charge in [-0.05, 0) is 17.7 Å². The maximum absolute atomic E-state index is 13.3. The lowest BCUT2D eigenvalue weighted by atomic mass is 10.1. The van der Waals surface area contributed by atoms with Crippen LogP contribution in [0.3, 0.4) is 0 Å². The third kappa shape index (κ3) is 4.11. The van der Waals surface area contributed by atoms with Gasteiger partial charge < -0.3 is 9.47 Å². The van der Waals surface area contributed by atoms with Crippen molar-refractivity contribution in [3.05, 3.63) is 59.4 Å². The Morgan fingerprint density at radius 3 is 2.38 bits per heavy atom. The second kappa shape index (κ2) is 6.03. The van der Waals surface area contributed by atoms with Crippen LogP contribution in [0.15, 0.2) is 42.5 Å². The summed E-state index contributed by atoms with van der Waals surface area (Å²) in [5.74, 6) is -0.0910. The molecule has 0 heterocycles. The van der Waals surface area contributed by atoms with Crippen molar-refractivity contribution in [2.24, 2.45) is 0 Å². The van der Waals surface area contributed by atoms with Gasteiger partial charge in [-0.3, -0.25) is 0 Å². The molecule has 0 radical (unpaired) electrons. The molecule has 0 unspecified atom stereocenters. The molecule has 0 amide bonds. The Hall–Kier alpha value is -2.24. The standard InChI is InChI=1S/C15H12F4O2/c1-20-13-6-12(16)7-14(8-13)21-9-10-3-2-4-11(5-10)15(17,18)19/h2-8H,9H2,1H3. The number of benzene rings is 2. The van der Waals surface area contributed by atoms with Gasteiger partial charge in [0.15, 0.2) is 0 Å². The van der Waals surface area contributed by atoms with Crippen LogP contribution in [-0.4, -0.2) is 7.11 Å². The molecule has 0 aliphatic heterocycles. The van der Waals surface area contributed by atoms with Gasteiger partial charge in [0.25, 0.3) is 0 Å². The molecule has 0 aromatic heterocycles. The van der Waals surface area contributed by atoms with Crippen molar-refractivity contribution in [2.75, 3.05) is 7.11 Å². The van der Waals surface area contributed by atoms with E-state index in [2.05, 4.69) is 0 Å². The van der Waals surface area contributed by atoms with Gasteiger partial charge in [-0.25, -0.2) is 4.39 Å². The van der Waals surface area contributed by atoms with E-state index >= 15 is 0 Å². The molecule has 2 nitrogen and oxygen atoms in total. The third-order valence-corrected chi connectivity index (χ3v) is 2.74. The fraction of sp³-hybridized carbons (Fsp3) is 0.200. The van der Waals surface area contributed by atoms with E-state index in [1.54, 1.807) is 0 Å². The summed E-state index contributed by atoms with van der Waals surface area (Å²) in [6.07, 6.45) is -4.40. The second-order valence-electron chi connectivity index (χ2n) is 4.31. The molecule has 0 aliphatic rings. The average Bonchev–Trinajstić information content (AvgIpc) is 2.44. The first-order valence-corrected chi connectivity index (χ1v) is 6.02. The quantitative estimate of drug-likeness (QED) is 0.778. The molecule has 0 bridgehead atoms. The van der Waals surface area contributed by atoms with E-state index in [1.807, 2.05) is 0 Å². The zero-order chi connectivity index (χ0) is 15.5. The molecule has 0 atom stereocenters. The van der Waals surface area contributed by atoms with Gasteiger partial charge in [0.05, 0.1) is 12.7 Å². The highest BCUT2D eigenvalue weighted by molar-refractivity contribution is 5.34. The highest BCUT2D eigenvalue weighted by atomic mass is 19.4. The summed E-state index contributed by atoms with van der Waals surface area (Å²) in [6.45, 7) is -0.101. The van der Waals surface area contributed by atoms with Crippen LogP contribution in [0.1, 0.15) is 11.1 Å². The Labute approximate surface area is 118 Å². The summed E-state index contributed by atoms with van der Waals surface area (Å²) in [5.41, 5.74) is -0.409. The molecule has 21 heavy (non-hydrogen) atoms. The number of hydrogen-bond acceptors (Lipinski definition) is 2. The number of alkyl halides is 3. The minimum absolute atomic E-state index is 0.101. The summed E-state index contributed by atoms with van der Waals surface area (Å²) >= 11 is 0. The summed E-state index contributed by atoms with van der Waals surface area (Å²) in [7, 11) is 1.38. The van der Waals surface area contributed by atoms with Gasteiger partial charge in [0, 0.05) is 18.2 Å². The summed E-state index contributed by atoms with van der Waals surface area (Å²) < 4.78 is 61.2. The van der Waals surface area contributed by atoms with Gasteiger partial charge in [-0.2, -0.15) is 13.2 Å². The topological polar surface area (TPSA) is 18.5 Å². The van der Waals surface area contributed by atoms with Gasteiger partial charge in [0.2, 0.25) is 0 Å². The molecule has 0 fully saturated rings. The van der Waals surface area contributed by atoms with E-state index in [-0.39, 0.29) is 18.1 Å². The number of methoxy groups -OCH3 is 1. The SMILES string of the molecule is COc1cc(F)cc(OCc2cccc(C(F)(F)F)c2)c1.